The first-order valence-corrected chi connectivity index (χ1v) is 9.53. The van der Waals surface area contributed by atoms with Crippen molar-refractivity contribution in [3.63, 3.8) is 0 Å². The van der Waals surface area contributed by atoms with Gasteiger partial charge >= 0.3 is 0 Å². The van der Waals surface area contributed by atoms with Gasteiger partial charge in [-0.15, -0.1) is 0 Å². The zero-order valence-corrected chi connectivity index (χ0v) is 16.2. The first kappa shape index (κ1) is 18.4. The highest BCUT2D eigenvalue weighted by Crippen LogP contribution is 2.28. The molecule has 140 valence electrons. The van der Waals surface area contributed by atoms with Crippen LogP contribution in [0.25, 0.3) is 22.6 Å². The SMILES string of the molecule is Cn1c(-c2cccc(C#N)c2)nc2c(Cl)nc(C#CC3(O)CCCCC3)nc21. The van der Waals surface area contributed by atoms with E-state index in [-0.39, 0.29) is 11.0 Å². The molecule has 7 heteroatoms. The van der Waals surface area contributed by atoms with E-state index in [1.165, 1.54) is 0 Å². The molecule has 1 aromatic carbocycles. The van der Waals surface area contributed by atoms with Crippen LogP contribution in [0.5, 0.6) is 0 Å². The molecular weight excluding hydrogens is 374 g/mol. The predicted molar refractivity (Wildman–Crippen MR) is 106 cm³/mol. The van der Waals surface area contributed by atoms with Crippen molar-refractivity contribution < 1.29 is 5.11 Å². The molecule has 0 amide bonds. The van der Waals surface area contributed by atoms with E-state index < -0.39 is 5.60 Å². The molecule has 1 aliphatic rings. The highest BCUT2D eigenvalue weighted by Gasteiger charge is 2.26. The van der Waals surface area contributed by atoms with E-state index >= 15 is 0 Å². The highest BCUT2D eigenvalue weighted by molar-refractivity contribution is 6.33. The van der Waals surface area contributed by atoms with Crippen LogP contribution in [-0.4, -0.2) is 30.2 Å². The first-order chi connectivity index (χ1) is 13.5. The third-order valence-corrected chi connectivity index (χ3v) is 5.28. The minimum Gasteiger partial charge on any atom is -0.378 e. The zero-order valence-electron chi connectivity index (χ0n) is 15.4. The van der Waals surface area contributed by atoms with Crippen LogP contribution in [0.1, 0.15) is 43.5 Å². The Balaban J connectivity index is 1.77. The number of aliphatic hydroxyl groups is 1. The molecule has 3 aromatic rings. The molecule has 0 saturated heterocycles. The lowest BCUT2D eigenvalue weighted by atomic mass is 9.85. The van der Waals surface area contributed by atoms with Gasteiger partial charge in [0.05, 0.1) is 11.6 Å². The molecule has 1 fully saturated rings. The topological polar surface area (TPSA) is 87.6 Å². The summed E-state index contributed by atoms with van der Waals surface area (Å²) < 4.78 is 1.81. The van der Waals surface area contributed by atoms with Gasteiger partial charge in [0.25, 0.3) is 0 Å². The number of benzene rings is 1. The van der Waals surface area contributed by atoms with Crippen LogP contribution in [0, 0.1) is 23.2 Å². The molecule has 1 N–H and O–H groups in total. The first-order valence-electron chi connectivity index (χ1n) is 9.15. The van der Waals surface area contributed by atoms with E-state index in [0.29, 0.717) is 35.4 Å². The van der Waals surface area contributed by atoms with Gasteiger partial charge in [-0.3, -0.25) is 0 Å². The largest absolute Gasteiger partial charge is 0.378 e. The number of aryl methyl sites for hydroxylation is 1. The van der Waals surface area contributed by atoms with Crippen molar-refractivity contribution in [3.8, 4) is 29.3 Å². The summed E-state index contributed by atoms with van der Waals surface area (Å²) in [5.41, 5.74) is 1.40. The molecule has 2 aromatic heterocycles. The second-order valence-electron chi connectivity index (χ2n) is 7.04. The Bertz CT molecular complexity index is 1160. The fourth-order valence-corrected chi connectivity index (χ4v) is 3.71. The van der Waals surface area contributed by atoms with Gasteiger partial charge in [0.15, 0.2) is 10.8 Å². The van der Waals surface area contributed by atoms with Crippen molar-refractivity contribution in [2.24, 2.45) is 7.05 Å². The maximum atomic E-state index is 10.6. The standard InChI is InChI=1S/C21H18ClN5O/c1-27-19(15-7-5-6-14(12-15)13-23)26-17-18(22)24-16(25-20(17)27)8-11-21(28)9-3-2-4-10-21/h5-7,12,28H,2-4,9-10H2,1H3. The van der Waals surface area contributed by atoms with Gasteiger partial charge in [-0.1, -0.05) is 36.1 Å². The molecule has 4 rings (SSSR count). The van der Waals surface area contributed by atoms with E-state index in [2.05, 4.69) is 32.9 Å². The summed E-state index contributed by atoms with van der Waals surface area (Å²) in [6.07, 6.45) is 4.41. The number of imidazole rings is 1. The molecule has 1 saturated carbocycles. The van der Waals surface area contributed by atoms with E-state index in [1.54, 1.807) is 16.7 Å². The Labute approximate surface area is 167 Å². The lowest BCUT2D eigenvalue weighted by Crippen LogP contribution is -2.29. The molecule has 2 heterocycles. The van der Waals surface area contributed by atoms with Crippen LogP contribution >= 0.6 is 11.6 Å². The average Bonchev–Trinajstić information content (AvgIpc) is 3.04. The second kappa shape index (κ2) is 7.24. The summed E-state index contributed by atoms with van der Waals surface area (Å²) in [5.74, 6) is 6.73. The lowest BCUT2D eigenvalue weighted by molar-refractivity contribution is 0.0610. The number of rotatable bonds is 1. The predicted octanol–water partition coefficient (Wildman–Crippen LogP) is 3.60. The van der Waals surface area contributed by atoms with Gasteiger partial charge in [0, 0.05) is 12.6 Å². The number of hydrogen-bond acceptors (Lipinski definition) is 5. The van der Waals surface area contributed by atoms with Crippen molar-refractivity contribution >= 4 is 22.8 Å². The van der Waals surface area contributed by atoms with E-state index in [9.17, 15) is 5.11 Å². The third-order valence-electron chi connectivity index (χ3n) is 5.01. The molecule has 0 atom stereocenters. The zero-order chi connectivity index (χ0) is 19.7. The minimum absolute atomic E-state index is 0.211. The molecule has 0 unspecified atom stereocenters. The molecule has 1 aliphatic carbocycles. The van der Waals surface area contributed by atoms with Crippen LogP contribution in [-0.2, 0) is 7.05 Å². The van der Waals surface area contributed by atoms with E-state index in [1.807, 2.05) is 19.2 Å². The number of nitriles is 1. The van der Waals surface area contributed by atoms with E-state index in [4.69, 9.17) is 16.9 Å². The summed E-state index contributed by atoms with van der Waals surface area (Å²) in [6.45, 7) is 0. The van der Waals surface area contributed by atoms with Crippen molar-refractivity contribution in [2.45, 2.75) is 37.7 Å². The number of fused-ring (bicyclic) bond motifs is 1. The smallest absolute Gasteiger partial charge is 0.208 e. The lowest BCUT2D eigenvalue weighted by Gasteiger charge is -2.26. The monoisotopic (exact) mass is 391 g/mol. The molecule has 0 spiro atoms. The molecule has 0 aliphatic heterocycles. The molecule has 28 heavy (non-hydrogen) atoms. The summed E-state index contributed by atoms with van der Waals surface area (Å²) in [7, 11) is 1.83. The second-order valence-corrected chi connectivity index (χ2v) is 7.40. The van der Waals surface area contributed by atoms with Crippen LogP contribution in [0.4, 0.5) is 0 Å². The minimum atomic E-state index is -0.974. The van der Waals surface area contributed by atoms with Crippen LogP contribution < -0.4 is 0 Å². The van der Waals surface area contributed by atoms with Gasteiger partial charge in [-0.2, -0.15) is 5.26 Å². The highest BCUT2D eigenvalue weighted by atomic mass is 35.5. The Hall–Kier alpha value is -2.93. The average molecular weight is 392 g/mol. The number of aromatic nitrogens is 4. The molecule has 6 nitrogen and oxygen atoms in total. The fraction of sp³-hybridized carbons (Fsp3) is 0.333. The van der Waals surface area contributed by atoms with Gasteiger partial charge in [-0.25, -0.2) is 15.0 Å². The molecule has 0 bridgehead atoms. The van der Waals surface area contributed by atoms with Crippen molar-refractivity contribution in [2.75, 3.05) is 0 Å². The Morgan fingerprint density at radius 2 is 1.96 bits per heavy atom. The Morgan fingerprint density at radius 3 is 2.71 bits per heavy atom. The van der Waals surface area contributed by atoms with Crippen molar-refractivity contribution in [1.29, 1.82) is 5.26 Å². The number of halogens is 1. The van der Waals surface area contributed by atoms with Gasteiger partial charge in [-0.05, 0) is 43.7 Å². The quantitative estimate of drug-likeness (QED) is 0.505. The molecular formula is C21H18ClN5O. The maximum Gasteiger partial charge on any atom is 0.208 e. The fourth-order valence-electron chi connectivity index (χ4n) is 3.50. The van der Waals surface area contributed by atoms with Crippen LogP contribution in [0.2, 0.25) is 5.15 Å². The summed E-state index contributed by atoms with van der Waals surface area (Å²) in [6, 6.07) is 9.32. The Morgan fingerprint density at radius 1 is 1.18 bits per heavy atom. The normalized spacial score (nSPS) is 15.6. The maximum absolute atomic E-state index is 10.6. The summed E-state index contributed by atoms with van der Waals surface area (Å²) >= 11 is 6.34. The number of nitrogens with zero attached hydrogens (tertiary/aromatic N) is 5. The third kappa shape index (κ3) is 3.45. The van der Waals surface area contributed by atoms with Gasteiger partial charge in [0.1, 0.15) is 16.9 Å². The van der Waals surface area contributed by atoms with Crippen molar-refractivity contribution in [1.82, 2.24) is 19.5 Å². The van der Waals surface area contributed by atoms with Gasteiger partial charge < -0.3 is 9.67 Å². The molecule has 0 radical (unpaired) electrons. The van der Waals surface area contributed by atoms with Crippen LogP contribution in [0.3, 0.4) is 0 Å². The Kier molecular flexibility index (Phi) is 4.77. The summed E-state index contributed by atoms with van der Waals surface area (Å²) in [4.78, 5) is 13.3. The number of hydrogen-bond donors (Lipinski definition) is 1. The summed E-state index contributed by atoms with van der Waals surface area (Å²) in [5, 5.41) is 19.9. The van der Waals surface area contributed by atoms with E-state index in [0.717, 1.165) is 24.8 Å². The van der Waals surface area contributed by atoms with Gasteiger partial charge in [0.2, 0.25) is 5.82 Å². The van der Waals surface area contributed by atoms with Crippen LogP contribution in [0.15, 0.2) is 24.3 Å². The van der Waals surface area contributed by atoms with Crippen molar-refractivity contribution in [3.05, 3.63) is 40.8 Å².